The highest BCUT2D eigenvalue weighted by atomic mass is 35.5. The van der Waals surface area contributed by atoms with E-state index in [1.54, 1.807) is 0 Å². The number of hydrogen-bond donors (Lipinski definition) is 0. The number of ether oxygens (including phenoxy) is 1. The van der Waals surface area contributed by atoms with Crippen molar-refractivity contribution in [3.05, 3.63) is 70.8 Å². The Morgan fingerprint density at radius 1 is 0.684 bits per heavy atom. The highest BCUT2D eigenvalue weighted by Crippen LogP contribution is 2.50. The molecule has 2 aromatic rings. The largest absolute Gasteiger partial charge is 0.359 e. The van der Waals surface area contributed by atoms with Crippen LogP contribution in [0.2, 0.25) is 0 Å². The van der Waals surface area contributed by atoms with Crippen molar-refractivity contribution in [2.45, 2.75) is 24.0 Å². The minimum Gasteiger partial charge on any atom is -0.359 e. The van der Waals surface area contributed by atoms with Gasteiger partial charge in [0.25, 0.3) is 0 Å². The van der Waals surface area contributed by atoms with Crippen molar-refractivity contribution < 1.29 is 4.74 Å². The summed E-state index contributed by atoms with van der Waals surface area (Å²) in [5.74, 6) is 1.10. The van der Waals surface area contributed by atoms with Crippen molar-refractivity contribution in [2.24, 2.45) is 0 Å². The lowest BCUT2D eigenvalue weighted by Gasteiger charge is -2.00. The van der Waals surface area contributed by atoms with Crippen molar-refractivity contribution in [1.29, 1.82) is 0 Å². The first-order chi connectivity index (χ1) is 9.31. The molecule has 1 nitrogen and oxygen atoms in total. The van der Waals surface area contributed by atoms with Crippen LogP contribution in [0, 0.1) is 0 Å². The standard InChI is InChI=1S/C16H14Cl2O/c17-9-11-1-5-13(6-2-11)15-16(19-15)14-7-3-12(10-18)4-8-14/h1-8,15-16H,9-10H2. The molecule has 98 valence electrons. The van der Waals surface area contributed by atoms with E-state index in [-0.39, 0.29) is 12.2 Å². The normalized spacial score (nSPS) is 21.4. The summed E-state index contributed by atoms with van der Waals surface area (Å²) in [7, 11) is 0. The van der Waals surface area contributed by atoms with Gasteiger partial charge in [0.2, 0.25) is 0 Å². The van der Waals surface area contributed by atoms with Crippen LogP contribution < -0.4 is 0 Å². The maximum atomic E-state index is 5.79. The van der Waals surface area contributed by atoms with Crippen LogP contribution in [-0.4, -0.2) is 0 Å². The number of hydrogen-bond acceptors (Lipinski definition) is 1. The Hall–Kier alpha value is -1.02. The molecule has 2 unspecified atom stereocenters. The van der Waals surface area contributed by atoms with Crippen LogP contribution in [0.4, 0.5) is 0 Å². The van der Waals surface area contributed by atoms with E-state index in [1.807, 2.05) is 0 Å². The van der Waals surface area contributed by atoms with Crippen molar-refractivity contribution in [3.8, 4) is 0 Å². The molecule has 0 spiro atoms. The van der Waals surface area contributed by atoms with Gasteiger partial charge >= 0.3 is 0 Å². The molecule has 1 fully saturated rings. The molecule has 0 N–H and O–H groups in total. The summed E-state index contributed by atoms with van der Waals surface area (Å²) in [4.78, 5) is 0. The molecule has 1 aliphatic heterocycles. The van der Waals surface area contributed by atoms with Gasteiger partial charge in [-0.2, -0.15) is 0 Å². The van der Waals surface area contributed by atoms with Crippen LogP contribution in [0.15, 0.2) is 48.5 Å². The number of benzene rings is 2. The fraction of sp³-hybridized carbons (Fsp3) is 0.250. The molecule has 0 bridgehead atoms. The molecule has 3 rings (SSSR count). The molecular weight excluding hydrogens is 279 g/mol. The molecular formula is C16H14Cl2O. The highest BCUT2D eigenvalue weighted by Gasteiger charge is 2.41. The van der Waals surface area contributed by atoms with Crippen molar-refractivity contribution in [1.82, 2.24) is 0 Å². The molecule has 2 aromatic carbocycles. The lowest BCUT2D eigenvalue weighted by atomic mass is 10.0. The molecule has 3 heteroatoms. The second kappa shape index (κ2) is 5.54. The van der Waals surface area contributed by atoms with E-state index < -0.39 is 0 Å². The minimum atomic E-state index is 0.172. The number of halogens is 2. The Labute approximate surface area is 123 Å². The fourth-order valence-corrected chi connectivity index (χ4v) is 2.57. The Kier molecular flexibility index (Phi) is 3.79. The van der Waals surface area contributed by atoms with Crippen LogP contribution in [-0.2, 0) is 16.5 Å². The molecule has 0 saturated carbocycles. The lowest BCUT2D eigenvalue weighted by Crippen LogP contribution is -1.86. The third-order valence-electron chi connectivity index (χ3n) is 3.42. The monoisotopic (exact) mass is 292 g/mol. The van der Waals surface area contributed by atoms with E-state index >= 15 is 0 Å². The zero-order valence-electron chi connectivity index (χ0n) is 10.4. The summed E-state index contributed by atoms with van der Waals surface area (Å²) < 4.78 is 5.77. The van der Waals surface area contributed by atoms with Crippen LogP contribution in [0.3, 0.4) is 0 Å². The Morgan fingerprint density at radius 3 is 1.37 bits per heavy atom. The first kappa shape index (κ1) is 13.0. The maximum Gasteiger partial charge on any atom is 0.114 e. The van der Waals surface area contributed by atoms with E-state index in [9.17, 15) is 0 Å². The summed E-state index contributed by atoms with van der Waals surface area (Å²) >= 11 is 11.6. The molecule has 0 aliphatic carbocycles. The van der Waals surface area contributed by atoms with Crippen molar-refractivity contribution in [3.63, 3.8) is 0 Å². The van der Waals surface area contributed by atoms with E-state index in [0.29, 0.717) is 11.8 Å². The van der Waals surface area contributed by atoms with Gasteiger partial charge in [-0.25, -0.2) is 0 Å². The minimum absolute atomic E-state index is 0.172. The van der Waals surface area contributed by atoms with Gasteiger partial charge < -0.3 is 4.74 Å². The molecule has 1 saturated heterocycles. The molecule has 19 heavy (non-hydrogen) atoms. The predicted octanol–water partition coefficient (Wildman–Crippen LogP) is 4.98. The first-order valence-corrected chi connectivity index (χ1v) is 7.34. The second-order valence-electron chi connectivity index (χ2n) is 4.73. The second-order valence-corrected chi connectivity index (χ2v) is 5.26. The predicted molar refractivity (Wildman–Crippen MR) is 78.6 cm³/mol. The van der Waals surface area contributed by atoms with E-state index in [1.165, 1.54) is 11.1 Å². The van der Waals surface area contributed by atoms with Crippen molar-refractivity contribution in [2.75, 3.05) is 0 Å². The summed E-state index contributed by atoms with van der Waals surface area (Å²) in [6.07, 6.45) is 0.345. The quantitative estimate of drug-likeness (QED) is 0.572. The van der Waals surface area contributed by atoms with E-state index in [4.69, 9.17) is 27.9 Å². The van der Waals surface area contributed by atoms with Gasteiger partial charge in [0.05, 0.1) is 0 Å². The maximum absolute atomic E-state index is 5.79. The third kappa shape index (κ3) is 2.79. The number of epoxide rings is 1. The van der Waals surface area contributed by atoms with Gasteiger partial charge in [0.15, 0.2) is 0 Å². The summed E-state index contributed by atoms with van der Waals surface area (Å²) in [6.45, 7) is 0. The fourth-order valence-electron chi connectivity index (χ4n) is 2.21. The summed E-state index contributed by atoms with van der Waals surface area (Å²) in [6, 6.07) is 16.6. The van der Waals surface area contributed by atoms with E-state index in [0.717, 1.165) is 11.1 Å². The Morgan fingerprint density at radius 2 is 1.05 bits per heavy atom. The zero-order valence-corrected chi connectivity index (χ0v) is 11.9. The third-order valence-corrected chi connectivity index (χ3v) is 4.03. The SMILES string of the molecule is ClCc1ccc(C2OC2c2ccc(CCl)cc2)cc1. The average molecular weight is 293 g/mol. The van der Waals surface area contributed by atoms with Crippen LogP contribution in [0.25, 0.3) is 0 Å². The van der Waals surface area contributed by atoms with Gasteiger partial charge in [0, 0.05) is 11.8 Å². The summed E-state index contributed by atoms with van der Waals surface area (Å²) in [5.41, 5.74) is 4.68. The zero-order chi connectivity index (χ0) is 13.2. The summed E-state index contributed by atoms with van der Waals surface area (Å²) in [5, 5.41) is 0. The Bertz CT molecular complexity index is 496. The lowest BCUT2D eigenvalue weighted by molar-refractivity contribution is 0.377. The highest BCUT2D eigenvalue weighted by molar-refractivity contribution is 6.17. The molecule has 1 heterocycles. The van der Waals surface area contributed by atoms with Gasteiger partial charge in [-0.1, -0.05) is 48.5 Å². The Balaban J connectivity index is 1.72. The molecule has 0 amide bonds. The van der Waals surface area contributed by atoms with Crippen LogP contribution in [0.5, 0.6) is 0 Å². The van der Waals surface area contributed by atoms with Crippen molar-refractivity contribution >= 4 is 23.2 Å². The van der Waals surface area contributed by atoms with E-state index in [2.05, 4.69) is 48.5 Å². The van der Waals surface area contributed by atoms with Gasteiger partial charge in [-0.3, -0.25) is 0 Å². The molecule has 0 aromatic heterocycles. The topological polar surface area (TPSA) is 12.5 Å². The molecule has 2 atom stereocenters. The van der Waals surface area contributed by atoms with Gasteiger partial charge in [-0.05, 0) is 22.3 Å². The van der Waals surface area contributed by atoms with Gasteiger partial charge in [-0.15, -0.1) is 23.2 Å². The van der Waals surface area contributed by atoms with Crippen LogP contribution in [0.1, 0.15) is 34.5 Å². The number of alkyl halides is 2. The number of rotatable bonds is 4. The first-order valence-electron chi connectivity index (χ1n) is 6.27. The van der Waals surface area contributed by atoms with Crippen LogP contribution >= 0.6 is 23.2 Å². The van der Waals surface area contributed by atoms with Gasteiger partial charge in [0.1, 0.15) is 12.2 Å². The smallest absolute Gasteiger partial charge is 0.114 e. The molecule has 1 aliphatic rings. The average Bonchev–Trinajstić information content (AvgIpc) is 3.28. The molecule has 0 radical (unpaired) electrons.